The molecule has 1 N–H and O–H groups in total. The van der Waals surface area contributed by atoms with E-state index >= 15 is 0 Å². The van der Waals surface area contributed by atoms with Crippen LogP contribution in [0.15, 0.2) is 42.7 Å². The molecule has 18 heavy (non-hydrogen) atoms. The highest BCUT2D eigenvalue weighted by Crippen LogP contribution is 2.20. The summed E-state index contributed by atoms with van der Waals surface area (Å²) < 4.78 is 5.04. The van der Waals surface area contributed by atoms with Crippen LogP contribution >= 0.6 is 0 Å². The van der Waals surface area contributed by atoms with Crippen molar-refractivity contribution in [2.75, 3.05) is 7.11 Å². The zero-order chi connectivity index (χ0) is 13.0. The average Bonchev–Trinajstić information content (AvgIpc) is 2.40. The molecular weight excluding hydrogens is 230 g/mol. The second-order valence-electron chi connectivity index (χ2n) is 3.86. The Morgan fingerprint density at radius 3 is 2.61 bits per heavy atom. The summed E-state index contributed by atoms with van der Waals surface area (Å²) in [5.74, 6) is -0.399. The molecule has 0 aliphatic heterocycles. The number of carbonyl (C=O) groups is 1. The van der Waals surface area contributed by atoms with Crippen LogP contribution in [-0.4, -0.2) is 23.2 Å². The molecule has 0 saturated heterocycles. The molecule has 4 heteroatoms. The summed E-state index contributed by atoms with van der Waals surface area (Å²) in [6, 6.07) is 8.83. The molecule has 0 saturated carbocycles. The third-order valence-electron chi connectivity index (χ3n) is 2.69. The van der Waals surface area contributed by atoms with Crippen molar-refractivity contribution >= 4 is 5.97 Å². The highest BCUT2D eigenvalue weighted by Gasteiger charge is 2.11. The number of hydrogen-bond acceptors (Lipinski definition) is 3. The molecule has 92 valence electrons. The van der Waals surface area contributed by atoms with Gasteiger partial charge in [-0.3, -0.25) is 4.98 Å². The van der Waals surface area contributed by atoms with Gasteiger partial charge in [-0.15, -0.1) is 0 Å². The van der Waals surface area contributed by atoms with Crippen LogP contribution in [0.2, 0.25) is 0 Å². The summed E-state index contributed by atoms with van der Waals surface area (Å²) in [4.78, 5) is 15.1. The van der Waals surface area contributed by atoms with Gasteiger partial charge < -0.3 is 9.84 Å². The lowest BCUT2D eigenvalue weighted by atomic mass is 10.00. The lowest BCUT2D eigenvalue weighted by Gasteiger charge is -2.08. The molecule has 1 aromatic heterocycles. The highest BCUT2D eigenvalue weighted by molar-refractivity contribution is 5.90. The third-order valence-corrected chi connectivity index (χ3v) is 2.69. The topological polar surface area (TPSA) is 59.4 Å². The summed E-state index contributed by atoms with van der Waals surface area (Å²) >= 11 is 0. The molecule has 0 aliphatic rings. The predicted molar refractivity (Wildman–Crippen MR) is 67.0 cm³/mol. The molecular formula is C14H13NO3. The molecule has 1 aromatic carbocycles. The highest BCUT2D eigenvalue weighted by atomic mass is 16.5. The van der Waals surface area contributed by atoms with E-state index in [1.807, 2.05) is 12.1 Å². The standard InChI is InChI=1S/C14H13NO3/c1-18-12-3-2-11(13(9-12)14(16)17)8-10-4-6-15-7-5-10/h2-7,9H,8H2,1H3,(H,16,17). The van der Waals surface area contributed by atoms with Crippen LogP contribution in [0.3, 0.4) is 0 Å². The lowest BCUT2D eigenvalue weighted by Crippen LogP contribution is -2.03. The van der Waals surface area contributed by atoms with E-state index in [4.69, 9.17) is 4.74 Å². The molecule has 0 atom stereocenters. The number of ether oxygens (including phenoxy) is 1. The van der Waals surface area contributed by atoms with Gasteiger partial charge in [-0.05, 0) is 41.8 Å². The summed E-state index contributed by atoms with van der Waals surface area (Å²) in [6.07, 6.45) is 3.95. The van der Waals surface area contributed by atoms with Crippen molar-refractivity contribution in [3.63, 3.8) is 0 Å². The summed E-state index contributed by atoms with van der Waals surface area (Å²) in [7, 11) is 1.52. The van der Waals surface area contributed by atoms with Crippen LogP contribution in [0, 0.1) is 0 Å². The van der Waals surface area contributed by atoms with Crippen molar-refractivity contribution in [2.24, 2.45) is 0 Å². The van der Waals surface area contributed by atoms with Crippen molar-refractivity contribution in [2.45, 2.75) is 6.42 Å². The van der Waals surface area contributed by atoms with Gasteiger partial charge in [0.2, 0.25) is 0 Å². The van der Waals surface area contributed by atoms with E-state index in [9.17, 15) is 9.90 Å². The second kappa shape index (κ2) is 5.31. The monoisotopic (exact) mass is 243 g/mol. The van der Waals surface area contributed by atoms with Gasteiger partial charge in [0, 0.05) is 12.4 Å². The maximum Gasteiger partial charge on any atom is 0.336 e. The molecule has 0 aliphatic carbocycles. The van der Waals surface area contributed by atoms with Crippen LogP contribution in [0.4, 0.5) is 0 Å². The van der Waals surface area contributed by atoms with E-state index in [0.29, 0.717) is 12.2 Å². The number of nitrogens with zero attached hydrogens (tertiary/aromatic N) is 1. The van der Waals surface area contributed by atoms with E-state index in [1.54, 1.807) is 30.6 Å². The molecule has 0 radical (unpaired) electrons. The Balaban J connectivity index is 2.35. The van der Waals surface area contributed by atoms with E-state index in [2.05, 4.69) is 4.98 Å². The van der Waals surface area contributed by atoms with E-state index in [-0.39, 0.29) is 5.56 Å². The normalized spacial score (nSPS) is 10.1. The van der Waals surface area contributed by atoms with Crippen molar-refractivity contribution in [3.8, 4) is 5.75 Å². The molecule has 2 aromatic rings. The van der Waals surface area contributed by atoms with E-state index in [1.165, 1.54) is 7.11 Å². The number of aromatic carboxylic acids is 1. The average molecular weight is 243 g/mol. The minimum atomic E-state index is -0.946. The zero-order valence-electron chi connectivity index (χ0n) is 9.96. The van der Waals surface area contributed by atoms with Crippen molar-refractivity contribution in [1.82, 2.24) is 4.98 Å². The predicted octanol–water partition coefficient (Wildman–Crippen LogP) is 2.38. The van der Waals surface area contributed by atoms with Crippen LogP contribution in [0.5, 0.6) is 5.75 Å². The van der Waals surface area contributed by atoms with Crippen molar-refractivity contribution < 1.29 is 14.6 Å². The first-order chi connectivity index (χ1) is 8.70. The van der Waals surface area contributed by atoms with E-state index in [0.717, 1.165) is 11.1 Å². The minimum absolute atomic E-state index is 0.270. The number of methoxy groups -OCH3 is 1. The summed E-state index contributed by atoms with van der Waals surface area (Å²) in [6.45, 7) is 0. The lowest BCUT2D eigenvalue weighted by molar-refractivity contribution is 0.0695. The van der Waals surface area contributed by atoms with Crippen LogP contribution in [-0.2, 0) is 6.42 Å². The third kappa shape index (κ3) is 2.66. The number of carboxylic acid groups (broad SMARTS) is 1. The van der Waals surface area contributed by atoms with Crippen LogP contribution in [0.1, 0.15) is 21.5 Å². The molecule has 0 spiro atoms. The Morgan fingerprint density at radius 1 is 1.28 bits per heavy atom. The molecule has 4 nitrogen and oxygen atoms in total. The Labute approximate surface area is 105 Å². The van der Waals surface area contributed by atoms with Gasteiger partial charge in [0.15, 0.2) is 0 Å². The fourth-order valence-electron chi connectivity index (χ4n) is 1.76. The largest absolute Gasteiger partial charge is 0.497 e. The van der Waals surface area contributed by atoms with Gasteiger partial charge in [-0.1, -0.05) is 6.07 Å². The summed E-state index contributed by atoms with van der Waals surface area (Å²) in [5.41, 5.74) is 2.05. The van der Waals surface area contributed by atoms with Crippen molar-refractivity contribution in [1.29, 1.82) is 0 Å². The fourth-order valence-corrected chi connectivity index (χ4v) is 1.76. The van der Waals surface area contributed by atoms with E-state index < -0.39 is 5.97 Å². The molecule has 0 bridgehead atoms. The Hall–Kier alpha value is -2.36. The molecule has 0 amide bonds. The molecule has 0 unspecified atom stereocenters. The summed E-state index contributed by atoms with van der Waals surface area (Å²) in [5, 5.41) is 9.20. The van der Waals surface area contributed by atoms with Crippen LogP contribution < -0.4 is 4.74 Å². The molecule has 0 fully saturated rings. The van der Waals surface area contributed by atoms with Gasteiger partial charge in [-0.25, -0.2) is 4.79 Å². The Kier molecular flexibility index (Phi) is 3.57. The van der Waals surface area contributed by atoms with Gasteiger partial charge >= 0.3 is 5.97 Å². The number of hydrogen-bond donors (Lipinski definition) is 1. The maximum atomic E-state index is 11.2. The first-order valence-corrected chi connectivity index (χ1v) is 5.50. The molecule has 2 rings (SSSR count). The SMILES string of the molecule is COc1ccc(Cc2ccncc2)c(C(=O)O)c1. The molecule has 1 heterocycles. The number of pyridine rings is 1. The number of rotatable bonds is 4. The number of benzene rings is 1. The first-order valence-electron chi connectivity index (χ1n) is 5.50. The second-order valence-corrected chi connectivity index (χ2v) is 3.86. The van der Waals surface area contributed by atoms with Gasteiger partial charge in [0.05, 0.1) is 12.7 Å². The maximum absolute atomic E-state index is 11.2. The van der Waals surface area contributed by atoms with Gasteiger partial charge in [0.25, 0.3) is 0 Å². The quantitative estimate of drug-likeness (QED) is 0.895. The van der Waals surface area contributed by atoms with Gasteiger partial charge in [-0.2, -0.15) is 0 Å². The Bertz CT molecular complexity index is 552. The minimum Gasteiger partial charge on any atom is -0.497 e. The smallest absolute Gasteiger partial charge is 0.336 e. The fraction of sp³-hybridized carbons (Fsp3) is 0.143. The first kappa shape index (κ1) is 12.1. The number of carboxylic acids is 1. The zero-order valence-corrected chi connectivity index (χ0v) is 9.96. The Morgan fingerprint density at radius 2 is 2.00 bits per heavy atom. The number of aromatic nitrogens is 1. The van der Waals surface area contributed by atoms with Gasteiger partial charge in [0.1, 0.15) is 5.75 Å². The van der Waals surface area contributed by atoms with Crippen LogP contribution in [0.25, 0.3) is 0 Å². The van der Waals surface area contributed by atoms with Crippen molar-refractivity contribution in [3.05, 3.63) is 59.4 Å².